The van der Waals surface area contributed by atoms with E-state index in [0.29, 0.717) is 16.0 Å². The molecule has 1 N–H and O–H groups in total. The largest absolute Gasteiger partial charge is 0.388 e. The van der Waals surface area contributed by atoms with Gasteiger partial charge in [-0.2, -0.15) is 0 Å². The smallest absolute Gasteiger partial charge is 0.0790 e. The zero-order valence-corrected chi connectivity index (χ0v) is 10.5. The van der Waals surface area contributed by atoms with Crippen molar-refractivity contribution in [1.29, 1.82) is 0 Å². The van der Waals surface area contributed by atoms with E-state index in [0.717, 1.165) is 18.4 Å². The lowest BCUT2D eigenvalue weighted by Gasteiger charge is -2.13. The molecule has 0 aliphatic heterocycles. The maximum atomic E-state index is 9.88. The Morgan fingerprint density at radius 1 is 1.13 bits per heavy atom. The number of aliphatic hydroxyl groups is 1. The van der Waals surface area contributed by atoms with Crippen LogP contribution in [-0.4, -0.2) is 5.11 Å². The number of rotatable bonds is 4. The van der Waals surface area contributed by atoms with E-state index in [2.05, 4.69) is 13.8 Å². The Hall–Kier alpha value is -0.240. The Balaban J connectivity index is 2.65. The standard InChI is InChI=1S/C12H16Cl2O/c1-8(2)3-6-12(15)9-4-5-10(13)11(14)7-9/h4-5,7-8,12,15H,3,6H2,1-2H3. The second-order valence-electron chi connectivity index (χ2n) is 4.16. The summed E-state index contributed by atoms with van der Waals surface area (Å²) in [7, 11) is 0. The lowest BCUT2D eigenvalue weighted by Crippen LogP contribution is -1.99. The minimum absolute atomic E-state index is 0.442. The molecule has 0 radical (unpaired) electrons. The van der Waals surface area contributed by atoms with Gasteiger partial charge in [0.2, 0.25) is 0 Å². The van der Waals surface area contributed by atoms with Gasteiger partial charge in [0, 0.05) is 0 Å². The van der Waals surface area contributed by atoms with Gasteiger partial charge in [0.15, 0.2) is 0 Å². The van der Waals surface area contributed by atoms with Crippen LogP contribution in [0.5, 0.6) is 0 Å². The van der Waals surface area contributed by atoms with Crippen molar-refractivity contribution in [3.05, 3.63) is 33.8 Å². The molecule has 3 heteroatoms. The fourth-order valence-electron chi connectivity index (χ4n) is 1.38. The molecule has 15 heavy (non-hydrogen) atoms. The summed E-state index contributed by atoms with van der Waals surface area (Å²) in [6.07, 6.45) is 1.32. The molecule has 0 aliphatic rings. The van der Waals surface area contributed by atoms with Gasteiger partial charge in [-0.3, -0.25) is 0 Å². The van der Waals surface area contributed by atoms with Crippen LogP contribution in [0.1, 0.15) is 38.4 Å². The van der Waals surface area contributed by atoms with E-state index in [4.69, 9.17) is 23.2 Å². The molecule has 1 nitrogen and oxygen atoms in total. The van der Waals surface area contributed by atoms with Crippen LogP contribution >= 0.6 is 23.2 Å². The topological polar surface area (TPSA) is 20.2 Å². The molecule has 0 spiro atoms. The van der Waals surface area contributed by atoms with Crippen LogP contribution in [-0.2, 0) is 0 Å². The summed E-state index contributed by atoms with van der Waals surface area (Å²) in [6.45, 7) is 4.28. The SMILES string of the molecule is CC(C)CCC(O)c1ccc(Cl)c(Cl)c1. The Kier molecular flexibility index (Phi) is 4.91. The third-order valence-corrected chi connectivity index (χ3v) is 3.08. The van der Waals surface area contributed by atoms with Gasteiger partial charge in [0.05, 0.1) is 16.1 Å². The lowest BCUT2D eigenvalue weighted by atomic mass is 10.00. The average molecular weight is 247 g/mol. The highest BCUT2D eigenvalue weighted by Crippen LogP contribution is 2.27. The van der Waals surface area contributed by atoms with Crippen molar-refractivity contribution >= 4 is 23.2 Å². The normalized spacial score (nSPS) is 13.2. The first-order chi connectivity index (χ1) is 7.00. The fraction of sp³-hybridized carbons (Fsp3) is 0.500. The minimum Gasteiger partial charge on any atom is -0.388 e. The Morgan fingerprint density at radius 3 is 2.33 bits per heavy atom. The molecular weight excluding hydrogens is 231 g/mol. The first-order valence-corrected chi connectivity index (χ1v) is 5.89. The summed E-state index contributed by atoms with van der Waals surface area (Å²) in [5.74, 6) is 0.599. The Bertz CT molecular complexity index is 323. The number of halogens is 2. The maximum absolute atomic E-state index is 9.88. The van der Waals surface area contributed by atoms with Gasteiger partial charge in [0.1, 0.15) is 0 Å². The molecule has 0 amide bonds. The van der Waals surface area contributed by atoms with Crippen molar-refractivity contribution in [2.45, 2.75) is 32.8 Å². The lowest BCUT2D eigenvalue weighted by molar-refractivity contribution is 0.159. The second kappa shape index (κ2) is 5.74. The monoisotopic (exact) mass is 246 g/mol. The van der Waals surface area contributed by atoms with Crippen molar-refractivity contribution in [1.82, 2.24) is 0 Å². The summed E-state index contributed by atoms with van der Waals surface area (Å²) in [5.41, 5.74) is 0.838. The second-order valence-corrected chi connectivity index (χ2v) is 4.97. The van der Waals surface area contributed by atoms with Gasteiger partial charge in [-0.1, -0.05) is 43.1 Å². The average Bonchev–Trinajstić information content (AvgIpc) is 2.18. The molecule has 0 saturated heterocycles. The van der Waals surface area contributed by atoms with Gasteiger partial charge in [-0.25, -0.2) is 0 Å². The van der Waals surface area contributed by atoms with E-state index in [1.54, 1.807) is 12.1 Å². The zero-order valence-electron chi connectivity index (χ0n) is 9.00. The summed E-state index contributed by atoms with van der Waals surface area (Å²) in [4.78, 5) is 0. The molecular formula is C12H16Cl2O. The van der Waals surface area contributed by atoms with E-state index in [1.165, 1.54) is 0 Å². The number of hydrogen-bond acceptors (Lipinski definition) is 1. The van der Waals surface area contributed by atoms with Crippen molar-refractivity contribution in [3.63, 3.8) is 0 Å². The van der Waals surface area contributed by atoms with Crippen LogP contribution < -0.4 is 0 Å². The molecule has 0 saturated carbocycles. The number of aliphatic hydroxyl groups excluding tert-OH is 1. The van der Waals surface area contributed by atoms with Gasteiger partial charge in [0.25, 0.3) is 0 Å². The van der Waals surface area contributed by atoms with Crippen LogP contribution in [0.3, 0.4) is 0 Å². The van der Waals surface area contributed by atoms with Gasteiger partial charge in [-0.15, -0.1) is 0 Å². The molecule has 0 fully saturated rings. The first kappa shape index (κ1) is 12.8. The third kappa shape index (κ3) is 4.02. The van der Waals surface area contributed by atoms with E-state index in [-0.39, 0.29) is 0 Å². The summed E-state index contributed by atoms with van der Waals surface area (Å²) < 4.78 is 0. The molecule has 0 aliphatic carbocycles. The predicted octanol–water partition coefficient (Wildman–Crippen LogP) is 4.46. The minimum atomic E-state index is -0.442. The zero-order chi connectivity index (χ0) is 11.4. The van der Waals surface area contributed by atoms with Crippen LogP contribution in [0, 0.1) is 5.92 Å². The predicted molar refractivity (Wildman–Crippen MR) is 65.5 cm³/mol. The molecule has 0 bridgehead atoms. The highest BCUT2D eigenvalue weighted by atomic mass is 35.5. The molecule has 0 aromatic heterocycles. The molecule has 1 aromatic rings. The third-order valence-electron chi connectivity index (χ3n) is 2.35. The van der Waals surface area contributed by atoms with Crippen molar-refractivity contribution in [3.8, 4) is 0 Å². The summed E-state index contributed by atoms with van der Waals surface area (Å²) in [5, 5.41) is 10.9. The van der Waals surface area contributed by atoms with Crippen molar-refractivity contribution in [2.24, 2.45) is 5.92 Å². The molecule has 1 aromatic carbocycles. The van der Waals surface area contributed by atoms with E-state index in [9.17, 15) is 5.11 Å². The van der Waals surface area contributed by atoms with Crippen LogP contribution in [0.2, 0.25) is 10.0 Å². The van der Waals surface area contributed by atoms with Crippen molar-refractivity contribution < 1.29 is 5.11 Å². The number of benzene rings is 1. The summed E-state index contributed by atoms with van der Waals surface area (Å²) >= 11 is 11.7. The number of hydrogen-bond donors (Lipinski definition) is 1. The van der Waals surface area contributed by atoms with E-state index in [1.807, 2.05) is 6.07 Å². The molecule has 1 rings (SSSR count). The maximum Gasteiger partial charge on any atom is 0.0790 e. The molecule has 1 unspecified atom stereocenters. The van der Waals surface area contributed by atoms with Crippen LogP contribution in [0.15, 0.2) is 18.2 Å². The summed E-state index contributed by atoms with van der Waals surface area (Å²) in [6, 6.07) is 5.27. The van der Waals surface area contributed by atoms with Gasteiger partial charge < -0.3 is 5.11 Å². The van der Waals surface area contributed by atoms with Crippen LogP contribution in [0.4, 0.5) is 0 Å². The molecule has 84 valence electrons. The Labute approximate surface area is 101 Å². The highest BCUT2D eigenvalue weighted by Gasteiger charge is 2.09. The van der Waals surface area contributed by atoms with E-state index >= 15 is 0 Å². The Morgan fingerprint density at radius 2 is 1.80 bits per heavy atom. The van der Waals surface area contributed by atoms with E-state index < -0.39 is 6.10 Å². The van der Waals surface area contributed by atoms with Gasteiger partial charge in [-0.05, 0) is 36.5 Å². The first-order valence-electron chi connectivity index (χ1n) is 5.13. The van der Waals surface area contributed by atoms with Crippen molar-refractivity contribution in [2.75, 3.05) is 0 Å². The van der Waals surface area contributed by atoms with Crippen LogP contribution in [0.25, 0.3) is 0 Å². The molecule has 1 atom stereocenters. The fourth-order valence-corrected chi connectivity index (χ4v) is 1.68. The molecule has 0 heterocycles. The quantitative estimate of drug-likeness (QED) is 0.832. The highest BCUT2D eigenvalue weighted by molar-refractivity contribution is 6.42. The van der Waals surface area contributed by atoms with Gasteiger partial charge >= 0.3 is 0 Å².